The molecule has 170 valence electrons. The number of ether oxygens (including phenoxy) is 1. The van der Waals surface area contributed by atoms with Crippen molar-refractivity contribution in [1.82, 2.24) is 15.0 Å². The van der Waals surface area contributed by atoms with Gasteiger partial charge >= 0.3 is 5.51 Å². The van der Waals surface area contributed by atoms with E-state index in [4.69, 9.17) is 9.72 Å². The fourth-order valence-electron chi connectivity index (χ4n) is 3.54. The van der Waals surface area contributed by atoms with E-state index in [1.165, 1.54) is 12.1 Å². The molecule has 1 aliphatic heterocycles. The molecule has 4 rings (SSSR count). The van der Waals surface area contributed by atoms with Gasteiger partial charge in [0.05, 0.1) is 11.7 Å². The Hall–Kier alpha value is -2.33. The number of rotatable bonds is 7. The van der Waals surface area contributed by atoms with Crippen LogP contribution < -0.4 is 9.64 Å². The van der Waals surface area contributed by atoms with Gasteiger partial charge in [0.1, 0.15) is 17.4 Å². The number of piperidine rings is 1. The first kappa shape index (κ1) is 22.8. The average molecular weight is 481 g/mol. The lowest BCUT2D eigenvalue weighted by Gasteiger charge is -2.34. The number of alkyl halides is 3. The van der Waals surface area contributed by atoms with Crippen LogP contribution in [0.4, 0.5) is 19.1 Å². The molecule has 0 N–H and O–H groups in total. The molecule has 0 spiro atoms. The lowest BCUT2D eigenvalue weighted by Crippen LogP contribution is -2.34. The highest BCUT2D eigenvalue weighted by Crippen LogP contribution is 2.37. The Morgan fingerprint density at radius 2 is 1.91 bits per heavy atom. The molecule has 0 aliphatic carbocycles. The highest BCUT2D eigenvalue weighted by Gasteiger charge is 2.29. The second-order valence-corrected chi connectivity index (χ2v) is 9.46. The lowest BCUT2D eigenvalue weighted by molar-refractivity contribution is -0.0328. The Kier molecular flexibility index (Phi) is 7.20. The Balaban J connectivity index is 1.39. The second kappa shape index (κ2) is 10.1. The van der Waals surface area contributed by atoms with Crippen LogP contribution in [0.25, 0.3) is 0 Å². The van der Waals surface area contributed by atoms with E-state index in [1.54, 1.807) is 23.5 Å². The molecule has 0 bridgehead atoms. The Labute approximate surface area is 193 Å². The van der Waals surface area contributed by atoms with Crippen molar-refractivity contribution in [3.05, 3.63) is 58.3 Å². The van der Waals surface area contributed by atoms with Crippen molar-refractivity contribution < 1.29 is 17.9 Å². The summed E-state index contributed by atoms with van der Waals surface area (Å²) in [6.45, 7) is 3.23. The molecular weight excluding hydrogens is 457 g/mol. The molecule has 1 saturated heterocycles. The predicted octanol–water partition coefficient (Wildman–Crippen LogP) is 6.42. The topological polar surface area (TPSA) is 51.1 Å². The number of thiazole rings is 1. The fourth-order valence-corrected chi connectivity index (χ4v) is 5.03. The predicted molar refractivity (Wildman–Crippen MR) is 120 cm³/mol. The highest BCUT2D eigenvalue weighted by molar-refractivity contribution is 8.00. The van der Waals surface area contributed by atoms with E-state index in [1.807, 2.05) is 17.8 Å². The molecule has 1 aromatic carbocycles. The SMILES string of the molecule is CCc1cnc(N2CCCCC2c2nc(COc3ccc(SC(F)(F)F)cc3)cs2)nc1. The standard InChI is InChI=1S/C22H23F3N4OS2/c1-2-15-11-26-21(27-12-15)29-10-4-3-5-19(29)20-28-16(14-31-20)13-30-17-6-8-18(9-7-17)32-22(23,24)25/h6-9,11-12,14,19H,2-5,10,13H2,1H3. The van der Waals surface area contributed by atoms with Gasteiger partial charge in [-0.25, -0.2) is 15.0 Å². The number of benzene rings is 1. The summed E-state index contributed by atoms with van der Waals surface area (Å²) in [5, 5.41) is 2.97. The zero-order valence-electron chi connectivity index (χ0n) is 17.5. The average Bonchev–Trinajstić information content (AvgIpc) is 3.27. The van der Waals surface area contributed by atoms with E-state index in [-0.39, 0.29) is 29.3 Å². The molecule has 10 heteroatoms. The molecule has 0 amide bonds. The van der Waals surface area contributed by atoms with Crippen LogP contribution in [0.2, 0.25) is 0 Å². The van der Waals surface area contributed by atoms with Crippen LogP contribution in [-0.2, 0) is 13.0 Å². The van der Waals surface area contributed by atoms with Crippen molar-refractivity contribution >= 4 is 29.0 Å². The van der Waals surface area contributed by atoms with Gasteiger partial charge in [0.2, 0.25) is 5.95 Å². The number of thioether (sulfide) groups is 1. The second-order valence-electron chi connectivity index (χ2n) is 7.43. The smallest absolute Gasteiger partial charge is 0.446 e. The Morgan fingerprint density at radius 3 is 2.59 bits per heavy atom. The molecule has 0 saturated carbocycles. The molecule has 1 fully saturated rings. The maximum Gasteiger partial charge on any atom is 0.446 e. The summed E-state index contributed by atoms with van der Waals surface area (Å²) in [5.41, 5.74) is -2.39. The van der Waals surface area contributed by atoms with E-state index < -0.39 is 5.51 Å². The van der Waals surface area contributed by atoms with E-state index in [0.717, 1.165) is 54.4 Å². The van der Waals surface area contributed by atoms with Crippen molar-refractivity contribution in [1.29, 1.82) is 0 Å². The van der Waals surface area contributed by atoms with Crippen molar-refractivity contribution in [2.75, 3.05) is 11.4 Å². The minimum absolute atomic E-state index is 0.132. The third-order valence-electron chi connectivity index (χ3n) is 5.16. The first-order valence-corrected chi connectivity index (χ1v) is 12.1. The minimum Gasteiger partial charge on any atom is -0.487 e. The van der Waals surface area contributed by atoms with Crippen LogP contribution in [0.15, 0.2) is 46.9 Å². The van der Waals surface area contributed by atoms with E-state index in [2.05, 4.69) is 21.8 Å². The quantitative estimate of drug-likeness (QED) is 0.364. The van der Waals surface area contributed by atoms with Crippen LogP contribution >= 0.6 is 23.1 Å². The van der Waals surface area contributed by atoms with Crippen molar-refractivity contribution in [3.63, 3.8) is 0 Å². The van der Waals surface area contributed by atoms with Crippen LogP contribution in [0.3, 0.4) is 0 Å². The van der Waals surface area contributed by atoms with Gasteiger partial charge in [0.25, 0.3) is 0 Å². The summed E-state index contributed by atoms with van der Waals surface area (Å²) in [5.74, 6) is 1.24. The van der Waals surface area contributed by atoms with Gasteiger partial charge in [-0.1, -0.05) is 6.92 Å². The number of aryl methyl sites for hydroxylation is 1. The number of halogens is 3. The van der Waals surface area contributed by atoms with Crippen LogP contribution in [0.5, 0.6) is 5.75 Å². The maximum atomic E-state index is 12.5. The molecular formula is C22H23F3N4OS2. The van der Waals surface area contributed by atoms with Gasteiger partial charge in [-0.2, -0.15) is 13.2 Å². The number of anilines is 1. The molecule has 3 heterocycles. The van der Waals surface area contributed by atoms with E-state index in [0.29, 0.717) is 5.75 Å². The van der Waals surface area contributed by atoms with Gasteiger partial charge < -0.3 is 9.64 Å². The number of aromatic nitrogens is 3. The van der Waals surface area contributed by atoms with Crippen molar-refractivity contribution in [2.45, 2.75) is 55.7 Å². The monoisotopic (exact) mass is 480 g/mol. The third-order valence-corrected chi connectivity index (χ3v) is 6.89. The number of hydrogen-bond acceptors (Lipinski definition) is 7. The van der Waals surface area contributed by atoms with E-state index in [9.17, 15) is 13.2 Å². The molecule has 3 aromatic rings. The summed E-state index contributed by atoms with van der Waals surface area (Å²) in [4.78, 5) is 16.2. The fraction of sp³-hybridized carbons (Fsp3) is 0.409. The van der Waals surface area contributed by atoms with Crippen LogP contribution in [0, 0.1) is 0 Å². The molecule has 1 aliphatic rings. The van der Waals surface area contributed by atoms with Crippen LogP contribution in [-0.4, -0.2) is 27.0 Å². The third kappa shape index (κ3) is 5.92. The summed E-state index contributed by atoms with van der Waals surface area (Å²) in [6, 6.07) is 6.03. The maximum absolute atomic E-state index is 12.5. The molecule has 1 unspecified atom stereocenters. The van der Waals surface area contributed by atoms with E-state index >= 15 is 0 Å². The molecule has 0 radical (unpaired) electrons. The first-order chi connectivity index (χ1) is 15.4. The van der Waals surface area contributed by atoms with Gasteiger partial charge in [-0.05, 0) is 67.3 Å². The van der Waals surface area contributed by atoms with Crippen molar-refractivity contribution in [3.8, 4) is 5.75 Å². The lowest BCUT2D eigenvalue weighted by atomic mass is 10.0. The highest BCUT2D eigenvalue weighted by atomic mass is 32.2. The minimum atomic E-state index is -4.30. The Morgan fingerprint density at radius 1 is 1.16 bits per heavy atom. The number of hydrogen-bond donors (Lipinski definition) is 0. The van der Waals surface area contributed by atoms with Gasteiger partial charge in [-0.3, -0.25) is 0 Å². The zero-order valence-corrected chi connectivity index (χ0v) is 19.1. The number of nitrogens with zero attached hydrogens (tertiary/aromatic N) is 4. The Bertz CT molecular complexity index is 1010. The molecule has 2 aromatic heterocycles. The summed E-state index contributed by atoms with van der Waals surface area (Å²) in [6.07, 6.45) is 7.89. The zero-order chi connectivity index (χ0) is 22.6. The van der Waals surface area contributed by atoms with Gasteiger partial charge in [0, 0.05) is 29.2 Å². The molecule has 5 nitrogen and oxygen atoms in total. The summed E-state index contributed by atoms with van der Waals surface area (Å²) in [7, 11) is 0. The first-order valence-electron chi connectivity index (χ1n) is 10.4. The van der Waals surface area contributed by atoms with Gasteiger partial charge in [0.15, 0.2) is 0 Å². The summed E-state index contributed by atoms with van der Waals surface area (Å²) < 4.78 is 43.1. The van der Waals surface area contributed by atoms with Crippen molar-refractivity contribution in [2.24, 2.45) is 0 Å². The largest absolute Gasteiger partial charge is 0.487 e. The normalized spacial score (nSPS) is 16.9. The molecule has 1 atom stereocenters. The van der Waals surface area contributed by atoms with Crippen LogP contribution in [0.1, 0.15) is 48.5 Å². The summed E-state index contributed by atoms with van der Waals surface area (Å²) >= 11 is 1.45. The molecule has 32 heavy (non-hydrogen) atoms. The van der Waals surface area contributed by atoms with Gasteiger partial charge in [-0.15, -0.1) is 11.3 Å².